The van der Waals surface area contributed by atoms with Gasteiger partial charge in [-0.3, -0.25) is 9.48 Å². The minimum Gasteiger partial charge on any atom is -0.493 e. The molecule has 9 nitrogen and oxygen atoms in total. The molecular formula is C19H25N3O6. The van der Waals surface area contributed by atoms with Crippen LogP contribution in [-0.2, 0) is 21.5 Å². The first kappa shape index (κ1) is 21.1. The second-order valence-electron chi connectivity index (χ2n) is 6.58. The molecule has 0 aliphatic rings. The molecule has 0 unspecified atom stereocenters. The summed E-state index contributed by atoms with van der Waals surface area (Å²) in [5.74, 6) is 0.283. The number of carbonyl (C=O) groups is 2. The number of benzene rings is 1. The molecule has 0 aliphatic heterocycles. The van der Waals surface area contributed by atoms with E-state index in [1.54, 1.807) is 6.07 Å². The molecule has 0 radical (unpaired) electrons. The van der Waals surface area contributed by atoms with E-state index in [2.05, 4.69) is 10.4 Å². The molecule has 2 aromatic rings. The van der Waals surface area contributed by atoms with Crippen molar-refractivity contribution in [2.75, 3.05) is 26.6 Å². The molecule has 152 valence electrons. The highest BCUT2D eigenvalue weighted by Gasteiger charge is 2.30. The molecular weight excluding hydrogens is 366 g/mol. The number of carbonyl (C=O) groups excluding carboxylic acids is 1. The van der Waals surface area contributed by atoms with Gasteiger partial charge in [0.05, 0.1) is 33.2 Å². The van der Waals surface area contributed by atoms with Crippen molar-refractivity contribution in [3.63, 3.8) is 0 Å². The van der Waals surface area contributed by atoms with E-state index in [0.717, 1.165) is 5.56 Å². The van der Waals surface area contributed by atoms with Gasteiger partial charge in [0.2, 0.25) is 11.7 Å². The molecule has 1 amide bonds. The Morgan fingerprint density at radius 3 is 2.39 bits per heavy atom. The molecule has 0 saturated carbocycles. The second-order valence-corrected chi connectivity index (χ2v) is 6.58. The molecule has 1 aromatic heterocycles. The summed E-state index contributed by atoms with van der Waals surface area (Å²) in [7, 11) is 4.59. The van der Waals surface area contributed by atoms with E-state index >= 15 is 0 Å². The van der Waals surface area contributed by atoms with Crippen LogP contribution in [0.1, 0.15) is 25.8 Å². The fraction of sp³-hybridized carbons (Fsp3) is 0.421. The molecule has 0 spiro atoms. The summed E-state index contributed by atoms with van der Waals surface area (Å²) < 4.78 is 17.3. The van der Waals surface area contributed by atoms with Crippen LogP contribution in [0.25, 0.3) is 0 Å². The Bertz CT molecular complexity index is 859. The first-order valence-corrected chi connectivity index (χ1v) is 8.60. The van der Waals surface area contributed by atoms with Crippen LogP contribution >= 0.6 is 0 Å². The van der Waals surface area contributed by atoms with Gasteiger partial charge in [-0.25, -0.2) is 4.79 Å². The number of nitrogens with zero attached hydrogens (tertiary/aromatic N) is 2. The topological polar surface area (TPSA) is 112 Å². The number of hydrogen-bond acceptors (Lipinski definition) is 6. The van der Waals surface area contributed by atoms with Crippen LogP contribution in [0, 0.1) is 0 Å². The third kappa shape index (κ3) is 4.36. The maximum Gasteiger partial charge on any atom is 0.331 e. The maximum atomic E-state index is 12.3. The summed E-state index contributed by atoms with van der Waals surface area (Å²) in [5.41, 5.74) is 0.0207. The first-order valence-electron chi connectivity index (χ1n) is 8.60. The van der Waals surface area contributed by atoms with Crippen molar-refractivity contribution >= 4 is 17.6 Å². The van der Waals surface area contributed by atoms with Crippen molar-refractivity contribution in [1.82, 2.24) is 9.78 Å². The monoisotopic (exact) mass is 391 g/mol. The Morgan fingerprint density at radius 2 is 1.82 bits per heavy atom. The molecule has 1 aromatic carbocycles. The van der Waals surface area contributed by atoms with Crippen LogP contribution < -0.4 is 19.5 Å². The fourth-order valence-corrected chi connectivity index (χ4v) is 2.62. The zero-order chi connectivity index (χ0) is 20.9. The number of hydrogen-bond donors (Lipinski definition) is 2. The van der Waals surface area contributed by atoms with Crippen LogP contribution in [0.15, 0.2) is 24.5 Å². The molecule has 1 heterocycles. The fourth-order valence-electron chi connectivity index (χ4n) is 2.62. The number of carboxylic acids is 1. The Morgan fingerprint density at radius 1 is 1.14 bits per heavy atom. The molecule has 0 aliphatic carbocycles. The summed E-state index contributed by atoms with van der Waals surface area (Å²) in [6, 6.07) is 3.58. The predicted octanol–water partition coefficient (Wildman–Crippen LogP) is 2.30. The molecule has 2 N–H and O–H groups in total. The zero-order valence-corrected chi connectivity index (χ0v) is 16.6. The number of nitrogens with one attached hydrogen (secondary N) is 1. The lowest BCUT2D eigenvalue weighted by Gasteiger charge is -2.19. The highest BCUT2D eigenvalue weighted by atomic mass is 16.5. The standard InChI is InChI=1S/C19H25N3O6/c1-19(2,18(24)25)22-11-13(10-20-22)21-15(23)9-7-12-6-8-14(26-3)17(28-5)16(12)27-4/h6,8,10-11H,7,9H2,1-5H3,(H,21,23)(H,24,25). The van der Waals surface area contributed by atoms with Crippen molar-refractivity contribution in [3.8, 4) is 17.2 Å². The molecule has 2 rings (SSSR count). The van der Waals surface area contributed by atoms with Crippen LogP contribution in [0.3, 0.4) is 0 Å². The minimum absolute atomic E-state index is 0.194. The van der Waals surface area contributed by atoms with Gasteiger partial charge in [-0.05, 0) is 31.9 Å². The smallest absolute Gasteiger partial charge is 0.331 e. The normalized spacial score (nSPS) is 11.0. The van der Waals surface area contributed by atoms with Gasteiger partial charge in [0.25, 0.3) is 0 Å². The number of aromatic nitrogens is 2. The van der Waals surface area contributed by atoms with Crippen LogP contribution in [0.2, 0.25) is 0 Å². The summed E-state index contributed by atoms with van der Waals surface area (Å²) >= 11 is 0. The van der Waals surface area contributed by atoms with E-state index in [0.29, 0.717) is 29.4 Å². The maximum absolute atomic E-state index is 12.3. The van der Waals surface area contributed by atoms with Crippen LogP contribution in [-0.4, -0.2) is 48.1 Å². The number of aliphatic carboxylic acids is 1. The largest absolute Gasteiger partial charge is 0.493 e. The van der Waals surface area contributed by atoms with E-state index in [9.17, 15) is 14.7 Å². The lowest BCUT2D eigenvalue weighted by atomic mass is 10.1. The van der Waals surface area contributed by atoms with Crippen molar-refractivity contribution in [1.29, 1.82) is 0 Å². The average Bonchev–Trinajstić information content (AvgIpc) is 3.14. The predicted molar refractivity (Wildman–Crippen MR) is 102 cm³/mol. The van der Waals surface area contributed by atoms with E-state index in [4.69, 9.17) is 14.2 Å². The second kappa shape index (κ2) is 8.64. The van der Waals surface area contributed by atoms with Gasteiger partial charge >= 0.3 is 5.97 Å². The molecule has 9 heteroatoms. The SMILES string of the molecule is COc1ccc(CCC(=O)Nc2cnn(C(C)(C)C(=O)O)c2)c(OC)c1OC. The van der Waals surface area contributed by atoms with Gasteiger partial charge in [-0.2, -0.15) is 5.10 Å². The quantitative estimate of drug-likeness (QED) is 0.674. The van der Waals surface area contributed by atoms with Crippen molar-refractivity contribution in [3.05, 3.63) is 30.1 Å². The average molecular weight is 391 g/mol. The number of amides is 1. The lowest BCUT2D eigenvalue weighted by Crippen LogP contribution is -2.35. The van der Waals surface area contributed by atoms with E-state index in [1.165, 1.54) is 52.3 Å². The Labute approximate surface area is 163 Å². The van der Waals surface area contributed by atoms with Gasteiger partial charge in [0, 0.05) is 12.6 Å². The summed E-state index contributed by atoms with van der Waals surface area (Å²) in [5, 5.41) is 16.0. The van der Waals surface area contributed by atoms with Crippen LogP contribution in [0.5, 0.6) is 17.2 Å². The molecule has 28 heavy (non-hydrogen) atoms. The number of aryl methyl sites for hydroxylation is 1. The molecule has 0 bridgehead atoms. The summed E-state index contributed by atoms with van der Waals surface area (Å²) in [6.45, 7) is 3.05. The Hall–Kier alpha value is -3.23. The third-order valence-corrected chi connectivity index (χ3v) is 4.37. The van der Waals surface area contributed by atoms with E-state index < -0.39 is 11.5 Å². The minimum atomic E-state index is -1.21. The van der Waals surface area contributed by atoms with Gasteiger partial charge in [-0.1, -0.05) is 6.07 Å². The number of anilines is 1. The number of carboxylic acid groups (broad SMARTS) is 1. The van der Waals surface area contributed by atoms with Crippen molar-refractivity contribution in [2.24, 2.45) is 0 Å². The molecule has 0 fully saturated rings. The van der Waals surface area contributed by atoms with Gasteiger partial charge < -0.3 is 24.6 Å². The van der Waals surface area contributed by atoms with Gasteiger partial charge in [0.1, 0.15) is 0 Å². The number of methoxy groups -OCH3 is 3. The van der Waals surface area contributed by atoms with Gasteiger partial charge in [0.15, 0.2) is 17.0 Å². The first-order chi connectivity index (χ1) is 13.2. The number of ether oxygens (including phenoxy) is 3. The van der Waals surface area contributed by atoms with Crippen molar-refractivity contribution < 1.29 is 28.9 Å². The molecule has 0 atom stereocenters. The van der Waals surface area contributed by atoms with E-state index in [1.807, 2.05) is 6.07 Å². The Balaban J connectivity index is 2.06. The third-order valence-electron chi connectivity index (χ3n) is 4.37. The van der Waals surface area contributed by atoms with Gasteiger partial charge in [-0.15, -0.1) is 0 Å². The van der Waals surface area contributed by atoms with Crippen LogP contribution in [0.4, 0.5) is 5.69 Å². The van der Waals surface area contributed by atoms with E-state index in [-0.39, 0.29) is 12.3 Å². The number of rotatable bonds is 9. The van der Waals surface area contributed by atoms with Crippen molar-refractivity contribution in [2.45, 2.75) is 32.2 Å². The summed E-state index contributed by atoms with van der Waals surface area (Å²) in [4.78, 5) is 23.6. The highest BCUT2D eigenvalue weighted by Crippen LogP contribution is 2.40. The lowest BCUT2D eigenvalue weighted by molar-refractivity contribution is -0.146. The molecule has 0 saturated heterocycles. The zero-order valence-electron chi connectivity index (χ0n) is 16.6. The summed E-state index contributed by atoms with van der Waals surface area (Å²) in [6.07, 6.45) is 3.52. The highest BCUT2D eigenvalue weighted by molar-refractivity contribution is 5.90. The Kier molecular flexibility index (Phi) is 6.50.